The molecule has 1 aliphatic rings. The molecule has 0 bridgehead atoms. The van der Waals surface area contributed by atoms with Gasteiger partial charge in [0.25, 0.3) is 5.78 Å². The molecule has 7 nitrogen and oxygen atoms in total. The van der Waals surface area contributed by atoms with Crippen molar-refractivity contribution >= 4 is 29.3 Å². The lowest BCUT2D eigenvalue weighted by Gasteiger charge is -2.15. The summed E-state index contributed by atoms with van der Waals surface area (Å²) in [5, 5.41) is 0. The third-order valence-electron chi connectivity index (χ3n) is 6.03. The molecule has 0 fully saturated rings. The van der Waals surface area contributed by atoms with Crippen LogP contribution in [0.3, 0.4) is 0 Å². The Kier molecular flexibility index (Phi) is 7.43. The van der Waals surface area contributed by atoms with E-state index in [0.717, 1.165) is 16.9 Å². The van der Waals surface area contributed by atoms with Crippen molar-refractivity contribution in [1.29, 1.82) is 0 Å². The lowest BCUT2D eigenvalue weighted by Crippen LogP contribution is -2.13. The van der Waals surface area contributed by atoms with Crippen LogP contribution in [0.15, 0.2) is 66.1 Å². The van der Waals surface area contributed by atoms with Crippen molar-refractivity contribution in [3.8, 4) is 23.0 Å². The molecule has 4 rings (SSSR count). The molecule has 0 amide bonds. The van der Waals surface area contributed by atoms with Crippen molar-refractivity contribution < 1.29 is 23.7 Å². The van der Waals surface area contributed by atoms with Gasteiger partial charge in [-0.05, 0) is 61.0 Å². The van der Waals surface area contributed by atoms with E-state index in [-0.39, 0.29) is 11.5 Å². The zero-order valence-electron chi connectivity index (χ0n) is 22.3. The molecule has 0 N–H and O–H groups in total. The number of nitrogens with zero attached hydrogens (tertiary/aromatic N) is 2. The average Bonchev–Trinajstić information content (AvgIpc) is 3.00. The second-order valence-electron chi connectivity index (χ2n) is 9.14. The predicted molar refractivity (Wildman–Crippen MR) is 148 cm³/mol. The minimum Gasteiger partial charge on any atom is -0.496 e. The highest BCUT2D eigenvalue weighted by Crippen LogP contribution is 2.38. The Balaban J connectivity index is 1.85. The fraction of sp³-hybridized carbons (Fsp3) is 0.233. The maximum absolute atomic E-state index is 13.8. The zero-order valence-corrected chi connectivity index (χ0v) is 22.3. The van der Waals surface area contributed by atoms with Crippen molar-refractivity contribution in [3.63, 3.8) is 0 Å². The third kappa shape index (κ3) is 5.56. The Morgan fingerprint density at radius 3 is 1.62 bits per heavy atom. The van der Waals surface area contributed by atoms with E-state index in [0.29, 0.717) is 34.1 Å². The number of fused-ring (bicyclic) bond motifs is 1. The molecule has 0 unspecified atom stereocenters. The van der Waals surface area contributed by atoms with Crippen LogP contribution in [0.25, 0.3) is 12.2 Å². The number of methoxy groups -OCH3 is 2. The van der Waals surface area contributed by atoms with Crippen LogP contribution in [0.1, 0.15) is 16.7 Å². The van der Waals surface area contributed by atoms with E-state index in [4.69, 9.17) is 18.9 Å². The van der Waals surface area contributed by atoms with Crippen molar-refractivity contribution in [2.75, 3.05) is 52.2 Å². The SMILES string of the molecule is COc1cc(N(C)C)ccc1/C=C1\Oc2ccc(C)cc2O/C(=C\c2ccc(N(C)C)cc2OC)C1=O. The first-order valence-corrected chi connectivity index (χ1v) is 11.9. The van der Waals surface area contributed by atoms with Crippen LogP contribution < -0.4 is 28.7 Å². The molecule has 0 spiro atoms. The molecule has 0 aliphatic carbocycles. The number of hydrogen-bond acceptors (Lipinski definition) is 7. The number of benzene rings is 3. The number of carbonyl (C=O) groups is 1. The summed E-state index contributed by atoms with van der Waals surface area (Å²) < 4.78 is 23.5. The molecule has 0 radical (unpaired) electrons. The van der Waals surface area contributed by atoms with Crippen LogP contribution in [-0.2, 0) is 4.79 Å². The molecule has 0 aromatic heterocycles. The second kappa shape index (κ2) is 10.7. The molecule has 37 heavy (non-hydrogen) atoms. The van der Waals surface area contributed by atoms with Crippen LogP contribution in [-0.4, -0.2) is 48.2 Å². The Labute approximate surface area is 218 Å². The summed E-state index contributed by atoms with van der Waals surface area (Å²) in [5.41, 5.74) is 4.35. The van der Waals surface area contributed by atoms with Crippen LogP contribution in [0, 0.1) is 6.92 Å². The number of Topliss-reactive ketones (excluding diaryl/α,β-unsaturated/α-hetero) is 1. The minimum atomic E-state index is -0.397. The summed E-state index contributed by atoms with van der Waals surface area (Å²) in [6.45, 7) is 1.96. The van der Waals surface area contributed by atoms with Gasteiger partial charge in [0, 0.05) is 62.8 Å². The number of ether oxygens (including phenoxy) is 4. The molecular weight excluding hydrogens is 468 g/mol. The first-order chi connectivity index (χ1) is 17.7. The van der Waals surface area contributed by atoms with Gasteiger partial charge in [-0.2, -0.15) is 0 Å². The molecular formula is C30H32N2O5. The second-order valence-corrected chi connectivity index (χ2v) is 9.14. The Hall–Kier alpha value is -4.39. The Morgan fingerprint density at radius 1 is 0.676 bits per heavy atom. The van der Waals surface area contributed by atoms with E-state index in [2.05, 4.69) is 0 Å². The van der Waals surface area contributed by atoms with Crippen molar-refractivity contribution in [3.05, 3.63) is 82.8 Å². The summed E-state index contributed by atoms with van der Waals surface area (Å²) in [6.07, 6.45) is 3.36. The molecule has 3 aromatic rings. The standard InChI is InChI=1S/C30H32N2O5/c1-19-8-13-24-27(14-19)37-29(16-21-10-12-23(32(4)5)18-26(21)35-7)30(33)28(36-24)15-20-9-11-22(31(2)3)17-25(20)34-6/h8-18H,1-7H3/b28-15-,29-16-. The van der Waals surface area contributed by atoms with Gasteiger partial charge in [-0.1, -0.05) is 6.07 Å². The van der Waals surface area contributed by atoms with Gasteiger partial charge in [0.2, 0.25) is 0 Å². The summed E-state index contributed by atoms with van der Waals surface area (Å²) in [7, 11) is 11.0. The lowest BCUT2D eigenvalue weighted by atomic mass is 10.1. The minimum absolute atomic E-state index is 0.119. The fourth-order valence-electron chi connectivity index (χ4n) is 3.90. The van der Waals surface area contributed by atoms with E-state index in [1.807, 2.05) is 93.4 Å². The first kappa shape index (κ1) is 25.7. The van der Waals surface area contributed by atoms with Crippen LogP contribution in [0.5, 0.6) is 23.0 Å². The lowest BCUT2D eigenvalue weighted by molar-refractivity contribution is -0.115. The van der Waals surface area contributed by atoms with E-state index in [1.165, 1.54) is 0 Å². The quantitative estimate of drug-likeness (QED) is 0.410. The Morgan fingerprint density at radius 2 is 1.16 bits per heavy atom. The van der Waals surface area contributed by atoms with Gasteiger partial charge in [0.1, 0.15) is 11.5 Å². The molecule has 1 heterocycles. The number of rotatable bonds is 6. The molecule has 0 atom stereocenters. The summed E-state index contributed by atoms with van der Waals surface area (Å²) in [5.74, 6) is 2.00. The third-order valence-corrected chi connectivity index (χ3v) is 6.03. The summed E-state index contributed by atoms with van der Waals surface area (Å²) in [6, 6.07) is 17.1. The van der Waals surface area contributed by atoms with Crippen molar-refractivity contribution in [2.45, 2.75) is 6.92 Å². The molecule has 192 valence electrons. The summed E-state index contributed by atoms with van der Waals surface area (Å²) >= 11 is 0. The largest absolute Gasteiger partial charge is 0.496 e. The van der Waals surface area contributed by atoms with Crippen molar-refractivity contribution in [1.82, 2.24) is 0 Å². The number of hydrogen-bond donors (Lipinski definition) is 0. The number of aryl methyl sites for hydroxylation is 1. The number of ketones is 1. The number of carbonyl (C=O) groups excluding carboxylic acids is 1. The van der Waals surface area contributed by atoms with Gasteiger partial charge in [0.15, 0.2) is 23.0 Å². The van der Waals surface area contributed by atoms with E-state index >= 15 is 0 Å². The Bertz CT molecular complexity index is 1390. The highest BCUT2D eigenvalue weighted by molar-refractivity contribution is 6.12. The molecule has 3 aromatic carbocycles. The predicted octanol–water partition coefficient (Wildman–Crippen LogP) is 5.57. The van der Waals surface area contributed by atoms with Gasteiger partial charge in [-0.3, -0.25) is 4.79 Å². The smallest absolute Gasteiger partial charge is 0.263 e. The topological polar surface area (TPSA) is 60.5 Å². The highest BCUT2D eigenvalue weighted by atomic mass is 16.5. The van der Waals surface area contributed by atoms with E-state index in [9.17, 15) is 4.79 Å². The normalized spacial score (nSPS) is 14.9. The van der Waals surface area contributed by atoms with Gasteiger partial charge in [-0.25, -0.2) is 0 Å². The average molecular weight is 501 g/mol. The maximum Gasteiger partial charge on any atom is 0.263 e. The molecule has 1 aliphatic heterocycles. The number of anilines is 2. The monoisotopic (exact) mass is 500 g/mol. The molecule has 7 heteroatoms. The van der Waals surface area contributed by atoms with Crippen LogP contribution in [0.4, 0.5) is 11.4 Å². The highest BCUT2D eigenvalue weighted by Gasteiger charge is 2.27. The zero-order chi connectivity index (χ0) is 26.7. The fourth-order valence-corrected chi connectivity index (χ4v) is 3.90. The van der Waals surface area contributed by atoms with Crippen LogP contribution in [0.2, 0.25) is 0 Å². The van der Waals surface area contributed by atoms with Crippen molar-refractivity contribution in [2.24, 2.45) is 0 Å². The molecule has 0 saturated carbocycles. The molecule has 0 saturated heterocycles. The van der Waals surface area contributed by atoms with E-state index < -0.39 is 5.78 Å². The van der Waals surface area contributed by atoms with Gasteiger partial charge < -0.3 is 28.7 Å². The maximum atomic E-state index is 13.8. The van der Waals surface area contributed by atoms with Gasteiger partial charge in [0.05, 0.1) is 14.2 Å². The van der Waals surface area contributed by atoms with Crippen LogP contribution >= 0.6 is 0 Å². The van der Waals surface area contributed by atoms with Gasteiger partial charge in [-0.15, -0.1) is 0 Å². The summed E-state index contributed by atoms with van der Waals surface area (Å²) in [4.78, 5) is 17.7. The first-order valence-electron chi connectivity index (χ1n) is 11.9. The van der Waals surface area contributed by atoms with E-state index in [1.54, 1.807) is 32.4 Å². The van der Waals surface area contributed by atoms with Gasteiger partial charge >= 0.3 is 0 Å².